The Morgan fingerprint density at radius 3 is 2.64 bits per heavy atom. The number of non-ortho nitro benzene ring substituents is 1. The molecule has 0 saturated carbocycles. The van der Waals surface area contributed by atoms with Crippen molar-refractivity contribution in [2.24, 2.45) is 11.8 Å². The number of hydrogen-bond donors (Lipinski definition) is 0. The Labute approximate surface area is 127 Å². The Morgan fingerprint density at radius 1 is 1.32 bits per heavy atom. The summed E-state index contributed by atoms with van der Waals surface area (Å²) in [6.45, 7) is 6.26. The number of nitrogens with zero attached hydrogens (tertiary/aromatic N) is 6. The van der Waals surface area contributed by atoms with Gasteiger partial charge < -0.3 is 10.00 Å². The van der Waals surface area contributed by atoms with Gasteiger partial charge in [-0.05, 0) is 24.3 Å². The molecule has 1 fully saturated rings. The Morgan fingerprint density at radius 2 is 2.05 bits per heavy atom. The molecule has 22 heavy (non-hydrogen) atoms. The number of benzene rings is 1. The Balaban J connectivity index is 2.05. The fourth-order valence-corrected chi connectivity index (χ4v) is 3.20. The number of rotatable bonds is 3. The normalized spacial score (nSPS) is 21.8. The summed E-state index contributed by atoms with van der Waals surface area (Å²) in [5, 5.41) is 25.7. The molecule has 3 rings (SSSR count). The third kappa shape index (κ3) is 2.76. The fraction of sp³-hybridized carbons (Fsp3) is 0.500. The lowest BCUT2D eigenvalue weighted by Crippen LogP contribution is -2.39. The molecule has 0 unspecified atom stereocenters. The van der Waals surface area contributed by atoms with Crippen molar-refractivity contribution >= 4 is 11.4 Å². The number of piperidine rings is 1. The second-order valence-corrected chi connectivity index (χ2v) is 6.01. The number of tetrazole rings is 1. The molecule has 0 N–H and O–H groups in total. The molecule has 0 amide bonds. The summed E-state index contributed by atoms with van der Waals surface area (Å²) >= 11 is 0. The fourth-order valence-electron chi connectivity index (χ4n) is 3.20. The second kappa shape index (κ2) is 5.70. The molecule has 8 nitrogen and oxygen atoms in total. The topological polar surface area (TPSA) is 99.2 Å². The smallest absolute Gasteiger partial charge is 0.270 e. The van der Waals surface area contributed by atoms with Gasteiger partial charge in [0.15, 0.2) is 0 Å². The molecule has 1 aliphatic heterocycles. The van der Waals surface area contributed by atoms with Crippen LogP contribution in [0.15, 0.2) is 18.2 Å². The van der Waals surface area contributed by atoms with Gasteiger partial charge in [0.25, 0.3) is 5.69 Å². The summed E-state index contributed by atoms with van der Waals surface area (Å²) in [6.07, 6.45) is 1.19. The van der Waals surface area contributed by atoms with Crippen molar-refractivity contribution < 1.29 is 4.92 Å². The molecule has 0 spiro atoms. The van der Waals surface area contributed by atoms with E-state index in [-0.39, 0.29) is 5.69 Å². The second-order valence-electron chi connectivity index (χ2n) is 6.01. The van der Waals surface area contributed by atoms with E-state index in [1.807, 2.05) is 0 Å². The highest BCUT2D eigenvalue weighted by Crippen LogP contribution is 2.35. The highest BCUT2D eigenvalue weighted by Gasteiger charge is 2.24. The average molecular weight is 301 g/mol. The van der Waals surface area contributed by atoms with E-state index in [0.29, 0.717) is 23.2 Å². The van der Waals surface area contributed by atoms with Gasteiger partial charge >= 0.3 is 0 Å². The molecule has 1 aliphatic rings. The van der Waals surface area contributed by atoms with Gasteiger partial charge in [-0.2, -0.15) is 5.21 Å². The summed E-state index contributed by atoms with van der Waals surface area (Å²) in [5.74, 6) is 1.47. The Bertz CT molecular complexity index is 662. The third-order valence-corrected chi connectivity index (χ3v) is 3.96. The molecule has 8 heteroatoms. The van der Waals surface area contributed by atoms with Gasteiger partial charge in [-0.3, -0.25) is 20.4 Å². The van der Waals surface area contributed by atoms with Crippen LogP contribution in [0.2, 0.25) is 0 Å². The molecule has 0 bridgehead atoms. The van der Waals surface area contributed by atoms with Crippen LogP contribution in [0.1, 0.15) is 20.3 Å². The van der Waals surface area contributed by atoms with E-state index >= 15 is 0 Å². The van der Waals surface area contributed by atoms with Crippen LogP contribution in [-0.4, -0.2) is 33.5 Å². The molecule has 1 aromatic carbocycles. The summed E-state index contributed by atoms with van der Waals surface area (Å²) < 4.78 is 0. The summed E-state index contributed by atoms with van der Waals surface area (Å²) in [5.41, 5.74) is 1.53. The zero-order valence-corrected chi connectivity index (χ0v) is 12.5. The van der Waals surface area contributed by atoms with Crippen molar-refractivity contribution in [3.8, 4) is 11.4 Å². The first-order chi connectivity index (χ1) is 10.5. The largest absolute Gasteiger partial charge is 0.370 e. The van der Waals surface area contributed by atoms with Gasteiger partial charge in [-0.25, -0.2) is 0 Å². The summed E-state index contributed by atoms with van der Waals surface area (Å²) in [6, 6.07) is 4.79. The van der Waals surface area contributed by atoms with Crippen molar-refractivity contribution in [2.45, 2.75) is 20.3 Å². The molecular weight excluding hydrogens is 284 g/mol. The highest BCUT2D eigenvalue weighted by molar-refractivity contribution is 5.76. The minimum atomic E-state index is -0.418. The molecule has 116 valence electrons. The van der Waals surface area contributed by atoms with Crippen LogP contribution in [0.4, 0.5) is 11.4 Å². The molecule has 0 radical (unpaired) electrons. The maximum Gasteiger partial charge on any atom is 0.270 e. The highest BCUT2D eigenvalue weighted by atomic mass is 16.6. The predicted molar refractivity (Wildman–Crippen MR) is 80.4 cm³/mol. The quantitative estimate of drug-likeness (QED) is 0.630. The molecule has 2 atom stereocenters. The van der Waals surface area contributed by atoms with Gasteiger partial charge in [0.2, 0.25) is 0 Å². The maximum atomic E-state index is 11.0. The molecule has 1 saturated heterocycles. The lowest BCUT2D eigenvalue weighted by atomic mass is 9.91. The average Bonchev–Trinajstić information content (AvgIpc) is 2.99. The lowest BCUT2D eigenvalue weighted by Gasteiger charge is -2.37. The van der Waals surface area contributed by atoms with E-state index in [2.05, 4.69) is 39.4 Å². The number of nitro benzene ring substituents is 1. The van der Waals surface area contributed by atoms with E-state index in [0.717, 1.165) is 18.8 Å². The molecular formula is C14H17N6O2-. The SMILES string of the molecule is C[C@@H]1C[C@H](C)CN(c2ccc([N+](=O)[O-])cc2-c2nnn[n-]2)C1. The van der Waals surface area contributed by atoms with E-state index in [4.69, 9.17) is 0 Å². The number of nitro groups is 1. The first kappa shape index (κ1) is 14.4. The Kier molecular flexibility index (Phi) is 3.74. The van der Waals surface area contributed by atoms with Gasteiger partial charge in [0.05, 0.1) is 4.92 Å². The van der Waals surface area contributed by atoms with Crippen LogP contribution in [0.3, 0.4) is 0 Å². The minimum Gasteiger partial charge on any atom is -0.370 e. The Hall–Kier alpha value is -2.51. The maximum absolute atomic E-state index is 11.0. The van der Waals surface area contributed by atoms with E-state index < -0.39 is 4.92 Å². The van der Waals surface area contributed by atoms with Crippen molar-refractivity contribution in [3.05, 3.63) is 28.3 Å². The van der Waals surface area contributed by atoms with Crippen LogP contribution in [-0.2, 0) is 0 Å². The summed E-state index contributed by atoms with van der Waals surface area (Å²) in [4.78, 5) is 12.9. The van der Waals surface area contributed by atoms with Gasteiger partial charge in [0, 0.05) is 42.3 Å². The molecule has 2 aromatic rings. The number of aromatic nitrogens is 4. The monoisotopic (exact) mass is 301 g/mol. The predicted octanol–water partition coefficient (Wildman–Crippen LogP) is 1.89. The first-order valence-electron chi connectivity index (χ1n) is 7.27. The van der Waals surface area contributed by atoms with E-state index in [9.17, 15) is 10.1 Å². The summed E-state index contributed by atoms with van der Waals surface area (Å²) in [7, 11) is 0. The van der Waals surface area contributed by atoms with Crippen LogP contribution < -0.4 is 10.00 Å². The third-order valence-electron chi connectivity index (χ3n) is 3.96. The van der Waals surface area contributed by atoms with Crippen LogP contribution in [0.25, 0.3) is 11.4 Å². The molecule has 1 aromatic heterocycles. The zero-order valence-electron chi connectivity index (χ0n) is 12.5. The number of anilines is 1. The van der Waals surface area contributed by atoms with Crippen molar-refractivity contribution in [1.29, 1.82) is 0 Å². The standard InChI is InChI=1S/C14H17N6O2/c1-9-5-10(2)8-19(7-9)13-4-3-11(20(21)22)6-12(13)14-15-17-18-16-14/h3-4,6,9-10H,5,7-8H2,1-2H3/q-1/t9-,10+. The lowest BCUT2D eigenvalue weighted by molar-refractivity contribution is -0.384. The molecule has 0 aliphatic carbocycles. The minimum absolute atomic E-state index is 0.0154. The zero-order chi connectivity index (χ0) is 15.7. The van der Waals surface area contributed by atoms with Gasteiger partial charge in [-0.1, -0.05) is 13.8 Å². The van der Waals surface area contributed by atoms with Crippen LogP contribution in [0, 0.1) is 22.0 Å². The van der Waals surface area contributed by atoms with Crippen LogP contribution in [0.5, 0.6) is 0 Å². The van der Waals surface area contributed by atoms with E-state index in [1.165, 1.54) is 18.6 Å². The van der Waals surface area contributed by atoms with Crippen LogP contribution >= 0.6 is 0 Å². The van der Waals surface area contributed by atoms with Crippen molar-refractivity contribution in [1.82, 2.24) is 20.6 Å². The van der Waals surface area contributed by atoms with Crippen molar-refractivity contribution in [3.63, 3.8) is 0 Å². The number of hydrogen-bond acceptors (Lipinski definition) is 6. The van der Waals surface area contributed by atoms with Gasteiger partial charge in [-0.15, -0.1) is 0 Å². The van der Waals surface area contributed by atoms with Gasteiger partial charge in [0.1, 0.15) is 0 Å². The van der Waals surface area contributed by atoms with E-state index in [1.54, 1.807) is 6.07 Å². The molecule has 2 heterocycles. The first-order valence-corrected chi connectivity index (χ1v) is 7.27. The van der Waals surface area contributed by atoms with Crippen molar-refractivity contribution in [2.75, 3.05) is 18.0 Å².